The first-order valence-corrected chi connectivity index (χ1v) is 9.93. The first kappa shape index (κ1) is 14.9. The van der Waals surface area contributed by atoms with Gasteiger partial charge in [-0.1, -0.05) is 6.92 Å². The molecule has 0 aromatic carbocycles. The van der Waals surface area contributed by atoms with Crippen molar-refractivity contribution in [3.8, 4) is 0 Å². The molecule has 3 nitrogen and oxygen atoms in total. The molecule has 5 rings (SSSR count). The van der Waals surface area contributed by atoms with Crippen molar-refractivity contribution < 1.29 is 14.3 Å². The largest absolute Gasteiger partial charge is 0.347 e. The zero-order valence-corrected chi connectivity index (χ0v) is 14.4. The number of ether oxygens (including phenoxy) is 2. The standard InChI is InChI=1S/C20H30O3/c1-19-8-6-16-15-5-3-14(21)12-13(15)2-4-17(16)18(19)7-9-20(19)22-10-11-23-20/h13,15-18H,2-12H2,1H3/t13-,15-,16+,17+,18-,19-/m0/s1. The molecular weight excluding hydrogens is 288 g/mol. The molecule has 1 heterocycles. The molecule has 4 aliphatic carbocycles. The van der Waals surface area contributed by atoms with Gasteiger partial charge in [-0.2, -0.15) is 0 Å². The molecule has 0 radical (unpaired) electrons. The van der Waals surface area contributed by atoms with Crippen molar-refractivity contribution in [2.75, 3.05) is 13.2 Å². The molecule has 1 aliphatic heterocycles. The fourth-order valence-corrected chi connectivity index (χ4v) is 7.54. The van der Waals surface area contributed by atoms with Crippen LogP contribution in [0, 0.1) is 35.0 Å². The molecule has 5 aliphatic rings. The van der Waals surface area contributed by atoms with Gasteiger partial charge < -0.3 is 9.47 Å². The van der Waals surface area contributed by atoms with E-state index in [9.17, 15) is 4.79 Å². The quantitative estimate of drug-likeness (QED) is 0.678. The van der Waals surface area contributed by atoms with Crippen LogP contribution < -0.4 is 0 Å². The average molecular weight is 318 g/mol. The summed E-state index contributed by atoms with van der Waals surface area (Å²) in [6.07, 6.45) is 10.5. The number of rotatable bonds is 0. The Morgan fingerprint density at radius 3 is 2.57 bits per heavy atom. The lowest BCUT2D eigenvalue weighted by molar-refractivity contribution is -0.243. The second-order valence-electron chi connectivity index (χ2n) is 9.16. The van der Waals surface area contributed by atoms with Gasteiger partial charge in [0.25, 0.3) is 0 Å². The predicted molar refractivity (Wildman–Crippen MR) is 86.8 cm³/mol. The summed E-state index contributed by atoms with van der Waals surface area (Å²) >= 11 is 0. The van der Waals surface area contributed by atoms with Crippen LogP contribution in [0.2, 0.25) is 0 Å². The highest BCUT2D eigenvalue weighted by atomic mass is 16.7. The zero-order valence-electron chi connectivity index (χ0n) is 14.4. The van der Waals surface area contributed by atoms with Gasteiger partial charge in [0.05, 0.1) is 13.2 Å². The maximum atomic E-state index is 11.8. The summed E-state index contributed by atoms with van der Waals surface area (Å²) in [4.78, 5) is 11.8. The minimum Gasteiger partial charge on any atom is -0.347 e. The Bertz CT molecular complexity index is 509. The molecular formula is C20H30O3. The van der Waals surface area contributed by atoms with Gasteiger partial charge in [-0.15, -0.1) is 0 Å². The van der Waals surface area contributed by atoms with E-state index in [1.807, 2.05) is 0 Å². The number of hydrogen-bond acceptors (Lipinski definition) is 3. The lowest BCUT2D eigenvalue weighted by Gasteiger charge is -2.56. The second-order valence-corrected chi connectivity index (χ2v) is 9.16. The number of carbonyl (C=O) groups excluding carboxylic acids is 1. The molecule has 0 amide bonds. The number of hydrogen-bond donors (Lipinski definition) is 0. The third-order valence-corrected chi connectivity index (χ3v) is 8.56. The highest BCUT2D eigenvalue weighted by Crippen LogP contribution is 2.66. The molecule has 6 atom stereocenters. The minimum atomic E-state index is -0.262. The SMILES string of the molecule is C[C@]12CC[C@H]3[C@@H](CC[C@H]4CC(=O)CC[C@@H]43)[C@@H]1CCC21OCCO1. The lowest BCUT2D eigenvalue weighted by atomic mass is 9.50. The number of ketones is 1. The van der Waals surface area contributed by atoms with Crippen LogP contribution in [-0.4, -0.2) is 24.8 Å². The fourth-order valence-electron chi connectivity index (χ4n) is 7.54. The van der Waals surface area contributed by atoms with Gasteiger partial charge in [0.1, 0.15) is 5.78 Å². The van der Waals surface area contributed by atoms with Crippen LogP contribution in [0.15, 0.2) is 0 Å². The Kier molecular flexibility index (Phi) is 3.27. The minimum absolute atomic E-state index is 0.224. The highest BCUT2D eigenvalue weighted by Gasteiger charge is 2.65. The van der Waals surface area contributed by atoms with Crippen molar-refractivity contribution in [1.29, 1.82) is 0 Å². The normalized spacial score (nSPS) is 51.3. The van der Waals surface area contributed by atoms with Crippen LogP contribution >= 0.6 is 0 Å². The Balaban J connectivity index is 1.42. The van der Waals surface area contributed by atoms with Crippen LogP contribution in [0.5, 0.6) is 0 Å². The Morgan fingerprint density at radius 2 is 1.74 bits per heavy atom. The Labute approximate surface area is 139 Å². The summed E-state index contributed by atoms with van der Waals surface area (Å²) < 4.78 is 12.4. The Hall–Kier alpha value is -0.410. The van der Waals surface area contributed by atoms with E-state index >= 15 is 0 Å². The highest BCUT2D eigenvalue weighted by molar-refractivity contribution is 5.79. The monoisotopic (exact) mass is 318 g/mol. The van der Waals surface area contributed by atoms with Gasteiger partial charge in [-0.3, -0.25) is 4.79 Å². The molecule has 3 heteroatoms. The van der Waals surface area contributed by atoms with Gasteiger partial charge in [0, 0.05) is 24.7 Å². The summed E-state index contributed by atoms with van der Waals surface area (Å²) in [5.41, 5.74) is 0.224. The molecule has 4 saturated carbocycles. The van der Waals surface area contributed by atoms with Gasteiger partial charge in [0.2, 0.25) is 0 Å². The first-order valence-electron chi connectivity index (χ1n) is 9.93. The molecule has 23 heavy (non-hydrogen) atoms. The number of Topliss-reactive ketones (excluding diaryl/α,β-unsaturated/α-hetero) is 1. The molecule has 0 aromatic heterocycles. The molecule has 5 fully saturated rings. The van der Waals surface area contributed by atoms with Crippen LogP contribution in [0.1, 0.15) is 64.7 Å². The summed E-state index contributed by atoms with van der Waals surface area (Å²) in [6, 6.07) is 0. The molecule has 1 saturated heterocycles. The molecule has 0 N–H and O–H groups in total. The van der Waals surface area contributed by atoms with Crippen molar-refractivity contribution in [2.45, 2.75) is 70.5 Å². The van der Waals surface area contributed by atoms with E-state index in [4.69, 9.17) is 9.47 Å². The molecule has 128 valence electrons. The average Bonchev–Trinajstić information content (AvgIpc) is 3.14. The van der Waals surface area contributed by atoms with E-state index in [2.05, 4.69) is 6.92 Å². The van der Waals surface area contributed by atoms with Crippen molar-refractivity contribution in [1.82, 2.24) is 0 Å². The van der Waals surface area contributed by atoms with Crippen molar-refractivity contribution in [3.05, 3.63) is 0 Å². The third kappa shape index (κ3) is 1.93. The van der Waals surface area contributed by atoms with E-state index in [0.29, 0.717) is 11.7 Å². The van der Waals surface area contributed by atoms with Crippen LogP contribution in [-0.2, 0) is 14.3 Å². The molecule has 0 unspecified atom stereocenters. The van der Waals surface area contributed by atoms with Crippen molar-refractivity contribution >= 4 is 5.78 Å². The fraction of sp³-hybridized carbons (Fsp3) is 0.950. The summed E-state index contributed by atoms with van der Waals surface area (Å²) in [6.45, 7) is 4.02. The van der Waals surface area contributed by atoms with E-state index in [0.717, 1.165) is 56.1 Å². The van der Waals surface area contributed by atoms with Gasteiger partial charge >= 0.3 is 0 Å². The summed E-state index contributed by atoms with van der Waals surface area (Å²) in [5, 5.41) is 0. The zero-order chi connectivity index (χ0) is 15.7. The van der Waals surface area contributed by atoms with Crippen molar-refractivity contribution in [3.63, 3.8) is 0 Å². The Morgan fingerprint density at radius 1 is 0.913 bits per heavy atom. The predicted octanol–water partition coefficient (Wildman–Crippen LogP) is 3.95. The number of carbonyl (C=O) groups is 1. The molecule has 0 aromatic rings. The van der Waals surface area contributed by atoms with E-state index in [1.165, 1.54) is 38.5 Å². The third-order valence-electron chi connectivity index (χ3n) is 8.56. The topological polar surface area (TPSA) is 35.5 Å². The van der Waals surface area contributed by atoms with Crippen molar-refractivity contribution in [2.24, 2.45) is 35.0 Å². The first-order chi connectivity index (χ1) is 11.1. The van der Waals surface area contributed by atoms with Crippen LogP contribution in [0.25, 0.3) is 0 Å². The van der Waals surface area contributed by atoms with Gasteiger partial charge in [-0.25, -0.2) is 0 Å². The van der Waals surface area contributed by atoms with Crippen LogP contribution in [0.4, 0.5) is 0 Å². The van der Waals surface area contributed by atoms with Gasteiger partial charge in [-0.05, 0) is 68.1 Å². The molecule has 0 bridgehead atoms. The maximum Gasteiger partial charge on any atom is 0.174 e. The summed E-state index contributed by atoms with van der Waals surface area (Å²) in [5.74, 6) is 4.30. The second kappa shape index (κ2) is 5.05. The van der Waals surface area contributed by atoms with E-state index in [-0.39, 0.29) is 11.2 Å². The smallest absolute Gasteiger partial charge is 0.174 e. The van der Waals surface area contributed by atoms with Crippen LogP contribution in [0.3, 0.4) is 0 Å². The van der Waals surface area contributed by atoms with E-state index in [1.54, 1.807) is 0 Å². The number of fused-ring (bicyclic) bond motifs is 6. The maximum absolute atomic E-state index is 11.8. The summed E-state index contributed by atoms with van der Waals surface area (Å²) in [7, 11) is 0. The van der Waals surface area contributed by atoms with Gasteiger partial charge in [0.15, 0.2) is 5.79 Å². The molecule has 1 spiro atoms. The van der Waals surface area contributed by atoms with E-state index < -0.39 is 0 Å². The lowest BCUT2D eigenvalue weighted by Crippen LogP contribution is -2.54.